The molecule has 1 aliphatic rings. The topological polar surface area (TPSA) is 63.5 Å². The Labute approximate surface area is 102 Å². The summed E-state index contributed by atoms with van der Waals surface area (Å²) >= 11 is 0. The normalized spacial score (nSPS) is 25.8. The van der Waals surface area contributed by atoms with Crippen LogP contribution < -0.4 is 0 Å². The molecular formula is C12H20N2O3. The number of rotatable bonds is 4. The molecule has 0 N–H and O–H groups in total. The molecule has 0 bridgehead atoms. The number of carbonyl (C=O) groups excluding carboxylic acids is 1. The number of carbonyl (C=O) groups is 1. The average Bonchev–Trinajstić information content (AvgIpc) is 2.24. The Morgan fingerprint density at radius 3 is 2.71 bits per heavy atom. The van der Waals surface area contributed by atoms with Gasteiger partial charge < -0.3 is 4.90 Å². The highest BCUT2D eigenvalue weighted by atomic mass is 16.6. The molecule has 0 spiro atoms. The summed E-state index contributed by atoms with van der Waals surface area (Å²) in [5.41, 5.74) is -1.06. The minimum absolute atomic E-state index is 0.00363. The molecule has 1 fully saturated rings. The van der Waals surface area contributed by atoms with E-state index in [1.165, 1.54) is 0 Å². The van der Waals surface area contributed by atoms with E-state index in [0.29, 0.717) is 19.4 Å². The molecule has 2 atom stereocenters. The highest BCUT2D eigenvalue weighted by Crippen LogP contribution is 2.36. The van der Waals surface area contributed by atoms with Crippen LogP contribution in [0.1, 0.15) is 26.7 Å². The molecule has 96 valence electrons. The lowest BCUT2D eigenvalue weighted by Crippen LogP contribution is -2.53. The number of hydrogen-bond acceptors (Lipinski definition) is 3. The maximum atomic E-state index is 12.1. The molecule has 0 aliphatic carbocycles. The second kappa shape index (κ2) is 4.85. The van der Waals surface area contributed by atoms with Crippen molar-refractivity contribution in [3.8, 4) is 0 Å². The van der Waals surface area contributed by atoms with E-state index in [1.54, 1.807) is 31.9 Å². The standard InChI is InChI=1S/C12H20N2O3/c1-5-6-9-10(12(2,3)14(16)17)7-8-13(4)11(9)15/h5,9-10H,1,6-8H2,2-4H3/t9-,10+/m1/s1. The van der Waals surface area contributed by atoms with Crippen LogP contribution in [0.25, 0.3) is 0 Å². The SMILES string of the molecule is C=CC[C@H]1C(=O)N(C)CC[C@@H]1C(C)(C)[N+](=O)[O-]. The summed E-state index contributed by atoms with van der Waals surface area (Å²) in [5, 5.41) is 11.1. The zero-order chi connectivity index (χ0) is 13.2. The van der Waals surface area contributed by atoms with Crippen LogP contribution in [-0.2, 0) is 4.79 Å². The first-order valence-corrected chi connectivity index (χ1v) is 5.82. The van der Waals surface area contributed by atoms with E-state index in [4.69, 9.17) is 0 Å². The molecule has 0 aromatic rings. The number of nitro groups is 1. The second-order valence-corrected chi connectivity index (χ2v) is 5.20. The summed E-state index contributed by atoms with van der Waals surface area (Å²) in [5.74, 6) is -0.540. The van der Waals surface area contributed by atoms with Crippen molar-refractivity contribution in [1.82, 2.24) is 4.90 Å². The van der Waals surface area contributed by atoms with Crippen molar-refractivity contribution in [1.29, 1.82) is 0 Å². The van der Waals surface area contributed by atoms with Crippen LogP contribution in [0.4, 0.5) is 0 Å². The average molecular weight is 240 g/mol. The number of likely N-dealkylation sites (tertiary alicyclic amines) is 1. The third-order valence-corrected chi connectivity index (χ3v) is 3.75. The molecule has 1 heterocycles. The molecular weight excluding hydrogens is 220 g/mol. The van der Waals surface area contributed by atoms with Crippen molar-refractivity contribution in [3.05, 3.63) is 22.8 Å². The van der Waals surface area contributed by atoms with Crippen molar-refractivity contribution in [2.75, 3.05) is 13.6 Å². The fourth-order valence-corrected chi connectivity index (χ4v) is 2.52. The summed E-state index contributed by atoms with van der Waals surface area (Å²) in [7, 11) is 1.74. The third-order valence-electron chi connectivity index (χ3n) is 3.75. The summed E-state index contributed by atoms with van der Waals surface area (Å²) in [6.45, 7) is 7.43. The lowest BCUT2D eigenvalue weighted by Gasteiger charge is -2.39. The number of hydrogen-bond donors (Lipinski definition) is 0. The lowest BCUT2D eigenvalue weighted by atomic mass is 9.72. The molecule has 0 aromatic carbocycles. The van der Waals surface area contributed by atoms with Gasteiger partial charge in [-0.1, -0.05) is 6.08 Å². The van der Waals surface area contributed by atoms with Gasteiger partial charge in [0, 0.05) is 38.3 Å². The maximum Gasteiger partial charge on any atom is 0.226 e. The summed E-state index contributed by atoms with van der Waals surface area (Å²) in [6, 6.07) is 0. The molecule has 1 aliphatic heterocycles. The Bertz CT molecular complexity index is 339. The lowest BCUT2D eigenvalue weighted by molar-refractivity contribution is -0.573. The van der Waals surface area contributed by atoms with Crippen LogP contribution in [0.2, 0.25) is 0 Å². The highest BCUT2D eigenvalue weighted by molar-refractivity contribution is 5.80. The number of amides is 1. The van der Waals surface area contributed by atoms with Crippen molar-refractivity contribution < 1.29 is 9.72 Å². The van der Waals surface area contributed by atoms with Gasteiger partial charge in [-0.05, 0) is 12.8 Å². The Morgan fingerprint density at radius 2 is 2.24 bits per heavy atom. The van der Waals surface area contributed by atoms with E-state index in [1.807, 2.05) is 0 Å². The van der Waals surface area contributed by atoms with E-state index in [-0.39, 0.29) is 22.7 Å². The van der Waals surface area contributed by atoms with Crippen LogP contribution >= 0.6 is 0 Å². The van der Waals surface area contributed by atoms with Crippen molar-refractivity contribution in [2.24, 2.45) is 11.8 Å². The molecule has 1 amide bonds. The number of piperidine rings is 1. The molecule has 1 rings (SSSR count). The quantitative estimate of drug-likeness (QED) is 0.427. The van der Waals surface area contributed by atoms with Crippen molar-refractivity contribution in [3.63, 3.8) is 0 Å². The summed E-state index contributed by atoms with van der Waals surface area (Å²) in [6.07, 6.45) is 2.85. The minimum Gasteiger partial charge on any atom is -0.345 e. The van der Waals surface area contributed by atoms with Gasteiger partial charge in [0.05, 0.1) is 5.92 Å². The van der Waals surface area contributed by atoms with E-state index in [0.717, 1.165) is 0 Å². The first kappa shape index (κ1) is 13.7. The zero-order valence-corrected chi connectivity index (χ0v) is 10.7. The molecule has 0 radical (unpaired) electrons. The van der Waals surface area contributed by atoms with Crippen molar-refractivity contribution >= 4 is 5.91 Å². The van der Waals surface area contributed by atoms with Gasteiger partial charge in [0.1, 0.15) is 0 Å². The number of allylic oxidation sites excluding steroid dienone is 1. The molecule has 5 nitrogen and oxygen atoms in total. The van der Waals surface area contributed by atoms with Crippen LogP contribution in [0, 0.1) is 22.0 Å². The van der Waals surface area contributed by atoms with Crippen LogP contribution in [-0.4, -0.2) is 34.9 Å². The Balaban J connectivity index is 3.00. The molecule has 0 aromatic heterocycles. The fraction of sp³-hybridized carbons (Fsp3) is 0.750. The Kier molecular flexibility index (Phi) is 3.91. The van der Waals surface area contributed by atoms with E-state index >= 15 is 0 Å². The number of nitrogens with zero attached hydrogens (tertiary/aromatic N) is 2. The van der Waals surface area contributed by atoms with Gasteiger partial charge in [0.2, 0.25) is 11.4 Å². The van der Waals surface area contributed by atoms with Gasteiger partial charge in [0.15, 0.2) is 0 Å². The highest BCUT2D eigenvalue weighted by Gasteiger charge is 2.49. The van der Waals surface area contributed by atoms with E-state index < -0.39 is 5.54 Å². The smallest absolute Gasteiger partial charge is 0.226 e. The Hall–Kier alpha value is -1.39. The zero-order valence-electron chi connectivity index (χ0n) is 10.7. The predicted octanol–water partition coefficient (Wildman–Crippen LogP) is 1.71. The van der Waals surface area contributed by atoms with Gasteiger partial charge in [-0.25, -0.2) is 0 Å². The monoisotopic (exact) mass is 240 g/mol. The molecule has 1 saturated heterocycles. The summed E-state index contributed by atoms with van der Waals surface area (Å²) < 4.78 is 0. The Morgan fingerprint density at radius 1 is 1.65 bits per heavy atom. The van der Waals surface area contributed by atoms with Crippen LogP contribution in [0.3, 0.4) is 0 Å². The van der Waals surface area contributed by atoms with Gasteiger partial charge in [-0.3, -0.25) is 14.9 Å². The maximum absolute atomic E-state index is 12.1. The first-order chi connectivity index (χ1) is 7.82. The third kappa shape index (κ3) is 2.48. The van der Waals surface area contributed by atoms with Crippen molar-refractivity contribution in [2.45, 2.75) is 32.2 Å². The first-order valence-electron chi connectivity index (χ1n) is 5.82. The molecule has 0 saturated carbocycles. The van der Waals surface area contributed by atoms with Gasteiger partial charge in [-0.2, -0.15) is 0 Å². The van der Waals surface area contributed by atoms with Gasteiger partial charge >= 0.3 is 0 Å². The molecule has 0 unspecified atom stereocenters. The largest absolute Gasteiger partial charge is 0.345 e. The molecule has 17 heavy (non-hydrogen) atoms. The van der Waals surface area contributed by atoms with Crippen LogP contribution in [0.5, 0.6) is 0 Å². The van der Waals surface area contributed by atoms with E-state index in [2.05, 4.69) is 6.58 Å². The van der Waals surface area contributed by atoms with Gasteiger partial charge in [-0.15, -0.1) is 6.58 Å². The predicted molar refractivity (Wildman–Crippen MR) is 65.1 cm³/mol. The molecule has 5 heteroatoms. The second-order valence-electron chi connectivity index (χ2n) is 5.20. The minimum atomic E-state index is -1.06. The van der Waals surface area contributed by atoms with Gasteiger partial charge in [0.25, 0.3) is 0 Å². The fourth-order valence-electron chi connectivity index (χ4n) is 2.52. The van der Waals surface area contributed by atoms with E-state index in [9.17, 15) is 14.9 Å². The summed E-state index contributed by atoms with van der Waals surface area (Å²) in [4.78, 5) is 24.5. The van der Waals surface area contributed by atoms with Crippen LogP contribution in [0.15, 0.2) is 12.7 Å².